The zero-order valence-electron chi connectivity index (χ0n) is 12.7. The maximum absolute atomic E-state index is 12.4. The van der Waals surface area contributed by atoms with E-state index < -0.39 is 11.5 Å². The number of aryl methyl sites for hydroxylation is 1. The minimum atomic E-state index is -1.06. The van der Waals surface area contributed by atoms with Gasteiger partial charge < -0.3 is 10.0 Å². The minimum absolute atomic E-state index is 0.104. The van der Waals surface area contributed by atoms with Gasteiger partial charge >= 0.3 is 5.97 Å². The van der Waals surface area contributed by atoms with Crippen molar-refractivity contribution in [3.05, 3.63) is 27.7 Å². The molecule has 1 N–H and O–H groups in total. The van der Waals surface area contributed by atoms with E-state index in [1.54, 1.807) is 18.3 Å². The monoisotopic (exact) mass is 396 g/mol. The molecule has 0 saturated carbocycles. The zero-order chi connectivity index (χ0) is 16.6. The summed E-state index contributed by atoms with van der Waals surface area (Å²) in [7, 11) is 0. The number of halogens is 1. The summed E-state index contributed by atoms with van der Waals surface area (Å²) < 4.78 is 2.07. The van der Waals surface area contributed by atoms with E-state index in [1.807, 2.05) is 18.2 Å². The van der Waals surface area contributed by atoms with Crippen LogP contribution in [0.1, 0.15) is 31.2 Å². The van der Waals surface area contributed by atoms with E-state index in [2.05, 4.69) is 20.9 Å². The third kappa shape index (κ3) is 3.12. The first kappa shape index (κ1) is 16.4. The SMILES string of the molecule is CC1(C(=O)O)CCCN1C(=O)CCc1nc2cc(Br)ccc2s1. The minimum Gasteiger partial charge on any atom is -0.480 e. The highest BCUT2D eigenvalue weighted by molar-refractivity contribution is 9.10. The average Bonchev–Trinajstić information content (AvgIpc) is 3.08. The molecular formula is C16H17BrN2O3S. The van der Waals surface area contributed by atoms with E-state index in [9.17, 15) is 14.7 Å². The Hall–Kier alpha value is -1.47. The third-order valence-corrected chi connectivity index (χ3v) is 5.94. The van der Waals surface area contributed by atoms with Crippen LogP contribution in [0.15, 0.2) is 22.7 Å². The van der Waals surface area contributed by atoms with Crippen LogP contribution in [-0.2, 0) is 16.0 Å². The molecule has 5 nitrogen and oxygen atoms in total. The van der Waals surface area contributed by atoms with Gasteiger partial charge in [0.15, 0.2) is 0 Å². The number of carboxylic acids is 1. The van der Waals surface area contributed by atoms with Gasteiger partial charge in [-0.1, -0.05) is 15.9 Å². The van der Waals surface area contributed by atoms with Crippen molar-refractivity contribution in [2.75, 3.05) is 6.54 Å². The predicted molar refractivity (Wildman–Crippen MR) is 92.6 cm³/mol. The maximum atomic E-state index is 12.4. The molecule has 0 spiro atoms. The summed E-state index contributed by atoms with van der Waals surface area (Å²) in [5.41, 5.74) is -0.140. The normalized spacial score (nSPS) is 21.0. The van der Waals surface area contributed by atoms with Gasteiger partial charge in [-0.3, -0.25) is 4.79 Å². The molecule has 0 aliphatic carbocycles. The van der Waals surface area contributed by atoms with Gasteiger partial charge in [0.1, 0.15) is 5.54 Å². The molecule has 2 heterocycles. The summed E-state index contributed by atoms with van der Waals surface area (Å²) in [5.74, 6) is -1.03. The standard InChI is InChI=1S/C16H17BrN2O3S/c1-16(15(21)22)7-2-8-19(16)14(20)6-5-13-18-11-9-10(17)3-4-12(11)23-13/h3-4,9H,2,5-8H2,1H3,(H,21,22). The van der Waals surface area contributed by atoms with E-state index in [1.165, 1.54) is 4.90 Å². The van der Waals surface area contributed by atoms with Crippen molar-refractivity contribution >= 4 is 49.4 Å². The second-order valence-corrected chi connectivity index (χ2v) is 7.98. The highest BCUT2D eigenvalue weighted by Gasteiger charge is 2.45. The molecule has 0 radical (unpaired) electrons. The van der Waals surface area contributed by atoms with Crippen LogP contribution in [0.2, 0.25) is 0 Å². The molecule has 122 valence electrons. The lowest BCUT2D eigenvalue weighted by Crippen LogP contribution is -2.50. The molecule has 3 rings (SSSR count). The smallest absolute Gasteiger partial charge is 0.329 e. The van der Waals surface area contributed by atoms with Gasteiger partial charge in [-0.2, -0.15) is 0 Å². The molecule has 2 aromatic rings. The summed E-state index contributed by atoms with van der Waals surface area (Å²) >= 11 is 5.00. The molecule has 1 unspecified atom stereocenters. The Morgan fingerprint density at radius 3 is 3.00 bits per heavy atom. The molecular weight excluding hydrogens is 380 g/mol. The predicted octanol–water partition coefficient (Wildman–Crippen LogP) is 3.46. The van der Waals surface area contributed by atoms with Crippen molar-refractivity contribution in [2.24, 2.45) is 0 Å². The number of nitrogens with zero attached hydrogens (tertiary/aromatic N) is 2. The van der Waals surface area contributed by atoms with Crippen molar-refractivity contribution in [2.45, 2.75) is 38.1 Å². The lowest BCUT2D eigenvalue weighted by Gasteiger charge is -2.31. The second kappa shape index (κ2) is 6.20. The number of carbonyl (C=O) groups excluding carboxylic acids is 1. The zero-order valence-corrected chi connectivity index (χ0v) is 15.1. The fourth-order valence-electron chi connectivity index (χ4n) is 2.99. The van der Waals surface area contributed by atoms with Crippen LogP contribution >= 0.6 is 27.3 Å². The molecule has 1 aliphatic heterocycles. The lowest BCUT2D eigenvalue weighted by molar-refractivity contribution is -0.155. The van der Waals surface area contributed by atoms with Gasteiger partial charge in [0.2, 0.25) is 5.91 Å². The Labute approximate surface area is 146 Å². The molecule has 1 saturated heterocycles. The molecule has 1 atom stereocenters. The van der Waals surface area contributed by atoms with Gasteiger partial charge in [-0.25, -0.2) is 9.78 Å². The van der Waals surface area contributed by atoms with Crippen LogP contribution < -0.4 is 0 Å². The molecule has 1 aromatic heterocycles. The third-order valence-electron chi connectivity index (χ3n) is 4.35. The van der Waals surface area contributed by atoms with Crippen molar-refractivity contribution < 1.29 is 14.7 Å². The van der Waals surface area contributed by atoms with Crippen molar-refractivity contribution in [1.29, 1.82) is 0 Å². The number of rotatable bonds is 4. The first-order valence-corrected chi connectivity index (χ1v) is 9.10. The summed E-state index contributed by atoms with van der Waals surface area (Å²) in [6.45, 7) is 2.16. The molecule has 1 amide bonds. The maximum Gasteiger partial charge on any atom is 0.329 e. The van der Waals surface area contributed by atoms with E-state index in [4.69, 9.17) is 0 Å². The number of hydrogen-bond donors (Lipinski definition) is 1. The molecule has 1 aliphatic rings. The van der Waals surface area contributed by atoms with E-state index >= 15 is 0 Å². The van der Waals surface area contributed by atoms with Crippen molar-refractivity contribution in [3.8, 4) is 0 Å². The number of benzene rings is 1. The highest BCUT2D eigenvalue weighted by Crippen LogP contribution is 2.31. The molecule has 1 aromatic carbocycles. The largest absolute Gasteiger partial charge is 0.480 e. The molecule has 7 heteroatoms. The second-order valence-electron chi connectivity index (χ2n) is 5.95. The van der Waals surface area contributed by atoms with E-state index in [0.29, 0.717) is 25.8 Å². The first-order valence-electron chi connectivity index (χ1n) is 7.49. The van der Waals surface area contributed by atoms with Crippen molar-refractivity contribution in [1.82, 2.24) is 9.88 Å². The number of thiazole rings is 1. The topological polar surface area (TPSA) is 70.5 Å². The number of fused-ring (bicyclic) bond motifs is 1. The quantitative estimate of drug-likeness (QED) is 0.858. The lowest BCUT2D eigenvalue weighted by atomic mass is 9.99. The van der Waals surface area contributed by atoms with Crippen molar-refractivity contribution in [3.63, 3.8) is 0 Å². The number of aliphatic carboxylic acids is 1. The summed E-state index contributed by atoms with van der Waals surface area (Å²) in [5, 5.41) is 10.3. The molecule has 1 fully saturated rings. The summed E-state index contributed by atoms with van der Waals surface area (Å²) in [4.78, 5) is 30.0. The Morgan fingerprint density at radius 2 is 2.26 bits per heavy atom. The van der Waals surface area contributed by atoms with Crippen LogP contribution in [0.3, 0.4) is 0 Å². The Morgan fingerprint density at radius 1 is 1.48 bits per heavy atom. The van der Waals surface area contributed by atoms with Gasteiger partial charge in [0.25, 0.3) is 0 Å². The van der Waals surface area contributed by atoms with Gasteiger partial charge in [-0.15, -0.1) is 11.3 Å². The molecule has 0 bridgehead atoms. The van der Waals surface area contributed by atoms with Crippen LogP contribution in [0, 0.1) is 0 Å². The number of amides is 1. The number of carboxylic acid groups (broad SMARTS) is 1. The van der Waals surface area contributed by atoms with Crippen LogP contribution in [0.5, 0.6) is 0 Å². The fraction of sp³-hybridized carbons (Fsp3) is 0.438. The van der Waals surface area contributed by atoms with Crippen LogP contribution in [-0.4, -0.2) is 39.0 Å². The highest BCUT2D eigenvalue weighted by atomic mass is 79.9. The average molecular weight is 397 g/mol. The van der Waals surface area contributed by atoms with Gasteiger partial charge in [-0.05, 0) is 38.0 Å². The number of likely N-dealkylation sites (tertiary alicyclic amines) is 1. The summed E-state index contributed by atoms with van der Waals surface area (Å²) in [6.07, 6.45) is 2.10. The van der Waals surface area contributed by atoms with Crippen LogP contribution in [0.25, 0.3) is 10.2 Å². The van der Waals surface area contributed by atoms with Gasteiger partial charge in [0.05, 0.1) is 15.2 Å². The first-order chi connectivity index (χ1) is 10.9. The Kier molecular flexibility index (Phi) is 4.42. The van der Waals surface area contributed by atoms with Crippen LogP contribution in [0.4, 0.5) is 0 Å². The number of aromatic nitrogens is 1. The Bertz CT molecular complexity index is 776. The number of hydrogen-bond acceptors (Lipinski definition) is 4. The number of carbonyl (C=O) groups is 2. The van der Waals surface area contributed by atoms with E-state index in [-0.39, 0.29) is 5.91 Å². The summed E-state index contributed by atoms with van der Waals surface area (Å²) in [6, 6.07) is 5.93. The van der Waals surface area contributed by atoms with E-state index in [0.717, 1.165) is 26.1 Å². The Balaban J connectivity index is 1.69. The fourth-order valence-corrected chi connectivity index (χ4v) is 4.29. The molecule has 23 heavy (non-hydrogen) atoms. The van der Waals surface area contributed by atoms with Gasteiger partial charge in [0, 0.05) is 23.9 Å².